The summed E-state index contributed by atoms with van der Waals surface area (Å²) in [7, 11) is -2.63. The van der Waals surface area contributed by atoms with Crippen molar-refractivity contribution in [2.45, 2.75) is 154 Å². The maximum atomic E-state index is 13.8. The molecule has 4 aromatic rings. The van der Waals surface area contributed by atoms with E-state index in [2.05, 4.69) is 126 Å². The summed E-state index contributed by atoms with van der Waals surface area (Å²) < 4.78 is 7.78. The number of rotatable bonds is 15. The SMILES string of the molecule is CC(C)(C)[Si](O[C@@H]1CC[C@@]2(C)C(CCC3C2CC[C@]2(C)C(CCC(=O)N[C@H]4C[C@@H](C(=O)NCCc5cnc[nH]5)N(C(=O)C(N)Cc5cnc[nH]5)C4)CCC32)C1)(c1ccccc1)c1ccccc1. The Labute approximate surface area is 399 Å². The van der Waals surface area contributed by atoms with Crippen molar-refractivity contribution in [3.05, 3.63) is 97.1 Å². The number of imidazole rings is 2. The van der Waals surface area contributed by atoms with Crippen LogP contribution >= 0.6 is 0 Å². The van der Waals surface area contributed by atoms with Crippen LogP contribution in [0.5, 0.6) is 0 Å². The number of fused-ring (bicyclic) bond motifs is 5. The molecule has 6 unspecified atom stereocenters. The van der Waals surface area contributed by atoms with Gasteiger partial charge >= 0.3 is 0 Å². The van der Waals surface area contributed by atoms with E-state index in [0.717, 1.165) is 42.5 Å². The number of aromatic amines is 2. The van der Waals surface area contributed by atoms with Crippen LogP contribution in [-0.2, 0) is 31.7 Å². The van der Waals surface area contributed by atoms with Gasteiger partial charge < -0.3 is 35.7 Å². The lowest BCUT2D eigenvalue weighted by Gasteiger charge is -2.61. The molecule has 2 aromatic carbocycles. The number of nitrogens with zero attached hydrogens (tertiary/aromatic N) is 3. The molecular formula is C54H76N8O4Si. The standard InChI is InChI=1S/C54H76N8O4Si/c1-52(2,3)67(42-12-8-6-9-13-42,43-14-10-7-11-15-43)66-41-22-25-54(5)37(28-41)16-19-44-45-20-17-36(53(45,4)26-23-46(44)54)18-21-49(63)61-40-30-48(50(64)58-27-24-38-31-56-34-59-38)62(33-40)51(65)47(55)29-39-32-57-35-60-39/h6-15,31-32,34-37,40-41,44-48H,16-30,33,55H2,1-5H3,(H,56,59)(H,57,60)(H,58,64)(H,61,63)/t36?,37?,40-,41+,44?,45?,46?,47?,48-,53+,54-/m0/s1. The minimum atomic E-state index is -2.63. The Balaban J connectivity index is 0.811. The van der Waals surface area contributed by atoms with Gasteiger partial charge in [0.2, 0.25) is 17.7 Å². The monoisotopic (exact) mass is 929 g/mol. The van der Waals surface area contributed by atoms with Gasteiger partial charge in [0.15, 0.2) is 0 Å². The van der Waals surface area contributed by atoms with Crippen molar-refractivity contribution >= 4 is 36.4 Å². The predicted octanol–water partition coefficient (Wildman–Crippen LogP) is 6.83. The Morgan fingerprint density at radius 2 is 1.51 bits per heavy atom. The lowest BCUT2D eigenvalue weighted by molar-refractivity contribution is -0.139. The highest BCUT2D eigenvalue weighted by Crippen LogP contribution is 2.68. The first kappa shape index (κ1) is 47.5. The Hall–Kier alpha value is -4.59. The third-order valence-corrected chi connectivity index (χ3v) is 23.2. The van der Waals surface area contributed by atoms with Gasteiger partial charge in [0.05, 0.1) is 18.7 Å². The number of amides is 3. The highest BCUT2D eigenvalue weighted by atomic mass is 28.4. The van der Waals surface area contributed by atoms with E-state index in [9.17, 15) is 14.4 Å². The number of nitrogens with two attached hydrogens (primary N) is 1. The molecule has 1 saturated heterocycles. The maximum absolute atomic E-state index is 13.8. The molecule has 4 saturated carbocycles. The zero-order valence-electron chi connectivity index (χ0n) is 40.6. The normalized spacial score (nSPS) is 31.0. The summed E-state index contributed by atoms with van der Waals surface area (Å²) in [6.07, 6.45) is 20.5. The van der Waals surface area contributed by atoms with Crippen molar-refractivity contribution in [2.24, 2.45) is 46.2 Å². The van der Waals surface area contributed by atoms with Crippen molar-refractivity contribution in [3.8, 4) is 0 Å². The van der Waals surface area contributed by atoms with Crippen LogP contribution in [-0.4, -0.2) is 88.2 Å². The fourth-order valence-electron chi connectivity index (χ4n) is 14.7. The molecule has 9 rings (SSSR count). The van der Waals surface area contributed by atoms with E-state index in [1.807, 2.05) is 0 Å². The molecule has 3 heterocycles. The van der Waals surface area contributed by atoms with Crippen LogP contribution in [0, 0.1) is 40.4 Å². The smallest absolute Gasteiger partial charge is 0.261 e. The first-order valence-electron chi connectivity index (χ1n) is 25.6. The molecule has 0 radical (unpaired) electrons. The van der Waals surface area contributed by atoms with E-state index in [0.29, 0.717) is 49.0 Å². The summed E-state index contributed by atoms with van der Waals surface area (Å²) in [6, 6.07) is 20.4. The van der Waals surface area contributed by atoms with Crippen LogP contribution in [0.25, 0.3) is 0 Å². The van der Waals surface area contributed by atoms with Gasteiger partial charge in [0.1, 0.15) is 6.04 Å². The number of carbonyl (C=O) groups excluding carboxylic acids is 3. The fourth-order valence-corrected chi connectivity index (χ4v) is 19.4. The van der Waals surface area contributed by atoms with Crippen LogP contribution in [0.4, 0.5) is 0 Å². The zero-order valence-corrected chi connectivity index (χ0v) is 41.6. The summed E-state index contributed by atoms with van der Waals surface area (Å²) in [4.78, 5) is 57.0. The van der Waals surface area contributed by atoms with E-state index in [4.69, 9.17) is 10.2 Å². The average molecular weight is 929 g/mol. The van der Waals surface area contributed by atoms with Crippen molar-refractivity contribution in [3.63, 3.8) is 0 Å². The first-order valence-corrected chi connectivity index (χ1v) is 27.5. The van der Waals surface area contributed by atoms with E-state index < -0.39 is 20.4 Å². The second kappa shape index (κ2) is 19.4. The number of H-pyrrole nitrogens is 2. The molecule has 5 fully saturated rings. The lowest BCUT2D eigenvalue weighted by Crippen LogP contribution is -2.68. The average Bonchev–Trinajstić information content (AvgIpc) is 4.16. The molecule has 67 heavy (non-hydrogen) atoms. The number of hydrogen-bond acceptors (Lipinski definition) is 7. The van der Waals surface area contributed by atoms with Gasteiger partial charge in [-0.1, -0.05) is 95.3 Å². The summed E-state index contributed by atoms with van der Waals surface area (Å²) in [5, 5.41) is 8.98. The predicted molar refractivity (Wildman–Crippen MR) is 265 cm³/mol. The van der Waals surface area contributed by atoms with Crippen LogP contribution in [0.2, 0.25) is 5.04 Å². The Kier molecular flexibility index (Phi) is 13.8. The van der Waals surface area contributed by atoms with Crippen LogP contribution in [0.1, 0.15) is 123 Å². The topological polar surface area (TPSA) is 171 Å². The summed E-state index contributed by atoms with van der Waals surface area (Å²) in [6.45, 7) is 13.1. The molecule has 0 spiro atoms. The third-order valence-electron chi connectivity index (χ3n) is 18.1. The molecule has 11 atom stereocenters. The number of nitrogens with one attached hydrogen (secondary N) is 4. The molecule has 3 amide bonds. The number of benzene rings is 2. The Bertz CT molecular complexity index is 2250. The van der Waals surface area contributed by atoms with Crippen molar-refractivity contribution in [2.75, 3.05) is 13.1 Å². The van der Waals surface area contributed by atoms with Gasteiger partial charge in [0, 0.05) is 68.3 Å². The molecule has 0 bridgehead atoms. The van der Waals surface area contributed by atoms with Gasteiger partial charge in [0.25, 0.3) is 8.32 Å². The van der Waals surface area contributed by atoms with E-state index in [-0.39, 0.29) is 53.3 Å². The van der Waals surface area contributed by atoms with Gasteiger partial charge in [-0.2, -0.15) is 0 Å². The minimum Gasteiger partial charge on any atom is -0.404 e. The molecule has 1 aliphatic heterocycles. The van der Waals surface area contributed by atoms with Gasteiger partial charge in [-0.25, -0.2) is 9.97 Å². The number of hydrogen-bond donors (Lipinski definition) is 5. The molecule has 12 nitrogen and oxygen atoms in total. The number of aromatic nitrogens is 4. The summed E-state index contributed by atoms with van der Waals surface area (Å²) in [5.41, 5.74) is 8.68. The molecule has 13 heteroatoms. The molecule has 4 aliphatic carbocycles. The summed E-state index contributed by atoms with van der Waals surface area (Å²) >= 11 is 0. The fraction of sp³-hybridized carbons (Fsp3) is 0.611. The van der Waals surface area contributed by atoms with Crippen LogP contribution in [0.15, 0.2) is 85.7 Å². The second-order valence-electron chi connectivity index (χ2n) is 22.7. The van der Waals surface area contributed by atoms with Crippen molar-refractivity contribution in [1.82, 2.24) is 35.5 Å². The lowest BCUT2D eigenvalue weighted by atomic mass is 9.44. The summed E-state index contributed by atoms with van der Waals surface area (Å²) in [5.74, 6) is 2.85. The molecule has 5 aliphatic rings. The minimum absolute atomic E-state index is 0.00487. The Morgan fingerprint density at radius 1 is 0.851 bits per heavy atom. The first-order chi connectivity index (χ1) is 32.2. The highest BCUT2D eigenvalue weighted by Gasteiger charge is 2.61. The molecule has 360 valence electrons. The van der Waals surface area contributed by atoms with Crippen molar-refractivity contribution in [1.29, 1.82) is 0 Å². The van der Waals surface area contributed by atoms with E-state index in [1.54, 1.807) is 29.9 Å². The van der Waals surface area contributed by atoms with E-state index in [1.165, 1.54) is 55.3 Å². The molecule has 6 N–H and O–H groups in total. The second-order valence-corrected chi connectivity index (χ2v) is 27.0. The third kappa shape index (κ3) is 9.33. The number of likely N-dealkylation sites (tertiary alicyclic amines) is 1. The van der Waals surface area contributed by atoms with Gasteiger partial charge in [-0.3, -0.25) is 14.4 Å². The molecular weight excluding hydrogens is 853 g/mol. The van der Waals surface area contributed by atoms with Crippen LogP contribution < -0.4 is 26.7 Å². The van der Waals surface area contributed by atoms with Crippen LogP contribution in [0.3, 0.4) is 0 Å². The van der Waals surface area contributed by atoms with E-state index >= 15 is 0 Å². The zero-order chi connectivity index (χ0) is 47.0. The van der Waals surface area contributed by atoms with Crippen molar-refractivity contribution < 1.29 is 18.8 Å². The Morgan fingerprint density at radius 3 is 2.16 bits per heavy atom. The van der Waals surface area contributed by atoms with Gasteiger partial charge in [-0.05, 0) is 126 Å². The largest absolute Gasteiger partial charge is 0.404 e. The maximum Gasteiger partial charge on any atom is 0.261 e. The number of carbonyl (C=O) groups is 3. The van der Waals surface area contributed by atoms with Gasteiger partial charge in [-0.15, -0.1) is 0 Å². The highest BCUT2D eigenvalue weighted by molar-refractivity contribution is 6.99. The quantitative estimate of drug-likeness (QED) is 0.0814. The molecule has 2 aromatic heterocycles.